The largest absolute Gasteiger partial charge is 0.444 e. The van der Waals surface area contributed by atoms with E-state index < -0.39 is 5.60 Å². The molecule has 0 aromatic rings. The molecular formula is C19H34N2O2. The summed E-state index contributed by atoms with van der Waals surface area (Å²) in [6.45, 7) is 9.41. The molecule has 4 atom stereocenters. The molecule has 2 bridgehead atoms. The lowest BCUT2D eigenvalue weighted by Gasteiger charge is -2.40. The van der Waals surface area contributed by atoms with Crippen LogP contribution >= 0.6 is 0 Å². The zero-order valence-corrected chi connectivity index (χ0v) is 15.3. The number of fused-ring (bicyclic) bond motifs is 2. The van der Waals surface area contributed by atoms with Crippen LogP contribution in [0, 0.1) is 11.8 Å². The molecule has 2 saturated heterocycles. The quantitative estimate of drug-likeness (QED) is 0.855. The molecule has 4 heteroatoms. The van der Waals surface area contributed by atoms with Crippen molar-refractivity contribution in [1.82, 2.24) is 10.2 Å². The maximum absolute atomic E-state index is 12.5. The van der Waals surface area contributed by atoms with Gasteiger partial charge in [0.05, 0.1) is 0 Å². The fourth-order valence-electron chi connectivity index (χ4n) is 4.80. The lowest BCUT2D eigenvalue weighted by molar-refractivity contribution is 0.00455. The van der Waals surface area contributed by atoms with E-state index in [0.29, 0.717) is 18.1 Å². The van der Waals surface area contributed by atoms with Gasteiger partial charge in [-0.3, -0.25) is 0 Å². The molecule has 1 aliphatic carbocycles. The molecule has 132 valence electrons. The molecule has 3 fully saturated rings. The van der Waals surface area contributed by atoms with E-state index in [-0.39, 0.29) is 6.09 Å². The standard InChI is InChI=1S/C19H34N2O2/c1-13-6-5-7-14(13)12-20-15-10-16-8-9-17(11-15)21(16)18(22)23-19(2,3)4/h13-17,20H,5-12H2,1-4H3. The second kappa shape index (κ2) is 6.62. The number of carbonyl (C=O) groups is 1. The number of nitrogens with one attached hydrogen (secondary N) is 1. The van der Waals surface area contributed by atoms with Crippen LogP contribution in [0.25, 0.3) is 0 Å². The monoisotopic (exact) mass is 322 g/mol. The third kappa shape index (κ3) is 4.01. The van der Waals surface area contributed by atoms with Gasteiger partial charge < -0.3 is 15.0 Å². The molecule has 3 aliphatic rings. The smallest absolute Gasteiger partial charge is 0.410 e. The van der Waals surface area contributed by atoms with Crippen LogP contribution in [0.3, 0.4) is 0 Å². The van der Waals surface area contributed by atoms with Crippen LogP contribution in [-0.4, -0.2) is 41.3 Å². The van der Waals surface area contributed by atoms with Crippen molar-refractivity contribution >= 4 is 6.09 Å². The highest BCUT2D eigenvalue weighted by molar-refractivity contribution is 5.69. The first-order chi connectivity index (χ1) is 10.8. The van der Waals surface area contributed by atoms with Gasteiger partial charge in [-0.05, 0) is 71.3 Å². The van der Waals surface area contributed by atoms with Gasteiger partial charge in [-0.2, -0.15) is 0 Å². The van der Waals surface area contributed by atoms with E-state index in [1.807, 2.05) is 25.7 Å². The number of nitrogens with zero attached hydrogens (tertiary/aromatic N) is 1. The van der Waals surface area contributed by atoms with E-state index in [9.17, 15) is 4.79 Å². The van der Waals surface area contributed by atoms with Crippen molar-refractivity contribution in [2.45, 2.75) is 96.4 Å². The van der Waals surface area contributed by atoms with Gasteiger partial charge in [0.25, 0.3) is 0 Å². The summed E-state index contributed by atoms with van der Waals surface area (Å²) in [5, 5.41) is 3.82. The Bertz CT molecular complexity index is 418. The molecule has 23 heavy (non-hydrogen) atoms. The maximum atomic E-state index is 12.5. The summed E-state index contributed by atoms with van der Waals surface area (Å²) in [4.78, 5) is 14.5. The summed E-state index contributed by atoms with van der Waals surface area (Å²) in [7, 11) is 0. The number of ether oxygens (including phenoxy) is 1. The molecule has 0 aromatic heterocycles. The van der Waals surface area contributed by atoms with E-state index in [1.54, 1.807) is 0 Å². The molecular weight excluding hydrogens is 288 g/mol. The third-order valence-electron chi connectivity index (χ3n) is 6.05. The summed E-state index contributed by atoms with van der Waals surface area (Å²) < 4.78 is 5.62. The zero-order chi connectivity index (χ0) is 16.6. The summed E-state index contributed by atoms with van der Waals surface area (Å²) in [6, 6.07) is 1.34. The molecule has 2 aliphatic heterocycles. The number of hydrogen-bond acceptors (Lipinski definition) is 3. The molecule has 0 spiro atoms. The predicted molar refractivity (Wildman–Crippen MR) is 92.4 cm³/mol. The molecule has 0 aromatic carbocycles. The van der Waals surface area contributed by atoms with Crippen molar-refractivity contribution in [3.05, 3.63) is 0 Å². The van der Waals surface area contributed by atoms with E-state index in [1.165, 1.54) is 19.3 Å². The van der Waals surface area contributed by atoms with Gasteiger partial charge >= 0.3 is 6.09 Å². The highest BCUT2D eigenvalue weighted by Gasteiger charge is 2.44. The van der Waals surface area contributed by atoms with Crippen LogP contribution in [0.4, 0.5) is 4.79 Å². The van der Waals surface area contributed by atoms with Gasteiger partial charge in [0.2, 0.25) is 0 Å². The molecule has 4 nitrogen and oxygen atoms in total. The molecule has 2 heterocycles. The summed E-state index contributed by atoms with van der Waals surface area (Å²) in [6.07, 6.45) is 8.55. The Morgan fingerprint density at radius 3 is 2.30 bits per heavy atom. The van der Waals surface area contributed by atoms with Crippen molar-refractivity contribution < 1.29 is 9.53 Å². The van der Waals surface area contributed by atoms with Crippen molar-refractivity contribution in [2.75, 3.05) is 6.54 Å². The zero-order valence-electron chi connectivity index (χ0n) is 15.3. The van der Waals surface area contributed by atoms with E-state index in [2.05, 4.69) is 12.2 Å². The van der Waals surface area contributed by atoms with E-state index in [0.717, 1.165) is 44.1 Å². The number of carbonyl (C=O) groups excluding carboxylic acids is 1. The van der Waals surface area contributed by atoms with Crippen LogP contribution < -0.4 is 5.32 Å². The number of amides is 1. The normalized spacial score (nSPS) is 37.2. The van der Waals surface area contributed by atoms with Crippen LogP contribution in [0.5, 0.6) is 0 Å². The minimum absolute atomic E-state index is 0.104. The van der Waals surface area contributed by atoms with E-state index in [4.69, 9.17) is 4.74 Å². The van der Waals surface area contributed by atoms with Crippen LogP contribution in [-0.2, 0) is 4.74 Å². The second-order valence-electron chi connectivity index (χ2n) is 9.02. The Labute approximate surface area is 141 Å². The first-order valence-corrected chi connectivity index (χ1v) is 9.58. The Morgan fingerprint density at radius 1 is 1.13 bits per heavy atom. The highest BCUT2D eigenvalue weighted by atomic mass is 16.6. The lowest BCUT2D eigenvalue weighted by Crippen LogP contribution is -2.53. The molecule has 1 amide bonds. The number of piperidine rings is 1. The van der Waals surface area contributed by atoms with Crippen LogP contribution in [0.15, 0.2) is 0 Å². The average molecular weight is 322 g/mol. The minimum atomic E-state index is -0.399. The van der Waals surface area contributed by atoms with Crippen molar-refractivity contribution in [3.8, 4) is 0 Å². The number of rotatable bonds is 3. The fourth-order valence-corrected chi connectivity index (χ4v) is 4.80. The third-order valence-corrected chi connectivity index (χ3v) is 6.05. The minimum Gasteiger partial charge on any atom is -0.444 e. The molecule has 1 saturated carbocycles. The van der Waals surface area contributed by atoms with Gasteiger partial charge in [0.15, 0.2) is 0 Å². The Hall–Kier alpha value is -0.770. The van der Waals surface area contributed by atoms with Gasteiger partial charge in [0, 0.05) is 18.1 Å². The molecule has 1 N–H and O–H groups in total. The summed E-state index contributed by atoms with van der Waals surface area (Å²) in [5.74, 6) is 1.73. The predicted octanol–water partition coefficient (Wildman–Crippen LogP) is 3.94. The van der Waals surface area contributed by atoms with Crippen LogP contribution in [0.2, 0.25) is 0 Å². The van der Waals surface area contributed by atoms with Crippen molar-refractivity contribution in [2.24, 2.45) is 11.8 Å². The van der Waals surface area contributed by atoms with Crippen molar-refractivity contribution in [1.29, 1.82) is 0 Å². The maximum Gasteiger partial charge on any atom is 0.410 e. The van der Waals surface area contributed by atoms with E-state index >= 15 is 0 Å². The Kier molecular flexibility index (Phi) is 4.91. The fraction of sp³-hybridized carbons (Fsp3) is 0.947. The molecule has 0 radical (unpaired) electrons. The first kappa shape index (κ1) is 17.1. The molecule has 4 unspecified atom stereocenters. The topological polar surface area (TPSA) is 41.6 Å². The van der Waals surface area contributed by atoms with Gasteiger partial charge in [-0.1, -0.05) is 19.8 Å². The SMILES string of the molecule is CC1CCCC1CNC1CC2CCC(C1)N2C(=O)OC(C)(C)C. The first-order valence-electron chi connectivity index (χ1n) is 9.58. The summed E-state index contributed by atoms with van der Waals surface area (Å²) >= 11 is 0. The lowest BCUT2D eigenvalue weighted by atomic mass is 9.94. The average Bonchev–Trinajstić information content (AvgIpc) is 2.96. The number of hydrogen-bond donors (Lipinski definition) is 1. The van der Waals surface area contributed by atoms with Crippen molar-refractivity contribution in [3.63, 3.8) is 0 Å². The van der Waals surface area contributed by atoms with Gasteiger partial charge in [0.1, 0.15) is 5.60 Å². The van der Waals surface area contributed by atoms with Gasteiger partial charge in [-0.25, -0.2) is 4.79 Å². The molecule has 3 rings (SSSR count). The summed E-state index contributed by atoms with van der Waals surface area (Å²) in [5.41, 5.74) is -0.399. The Balaban J connectivity index is 1.51. The Morgan fingerprint density at radius 2 is 1.78 bits per heavy atom. The second-order valence-corrected chi connectivity index (χ2v) is 9.02. The highest BCUT2D eigenvalue weighted by Crippen LogP contribution is 2.37. The van der Waals surface area contributed by atoms with Crippen LogP contribution in [0.1, 0.15) is 72.6 Å². The van der Waals surface area contributed by atoms with Gasteiger partial charge in [-0.15, -0.1) is 0 Å².